The van der Waals surface area contributed by atoms with Gasteiger partial charge in [-0.05, 0) is 12.8 Å². The first kappa shape index (κ1) is 13.2. The molecule has 2 rings (SSSR count). The standard InChI is InChI=1S/C13H20N2O2S/c1-8(2)10(16)12-9(14)11(17-3)13(18-12)15-6-4-5-7-15/h8H,4-7,14H2,1-3H3. The lowest BCUT2D eigenvalue weighted by molar-refractivity contribution is 0.0944. The summed E-state index contributed by atoms with van der Waals surface area (Å²) >= 11 is 1.47. The number of rotatable bonds is 4. The molecule has 0 atom stereocenters. The number of carbonyl (C=O) groups excluding carboxylic acids is 1. The average molecular weight is 268 g/mol. The van der Waals surface area contributed by atoms with Crippen LogP contribution in [0, 0.1) is 5.92 Å². The van der Waals surface area contributed by atoms with E-state index in [-0.39, 0.29) is 11.7 Å². The van der Waals surface area contributed by atoms with Crippen LogP contribution in [0.4, 0.5) is 10.7 Å². The molecule has 0 spiro atoms. The molecule has 2 N–H and O–H groups in total. The fraction of sp³-hybridized carbons (Fsp3) is 0.615. The monoisotopic (exact) mass is 268 g/mol. The fourth-order valence-electron chi connectivity index (χ4n) is 2.19. The third-order valence-corrected chi connectivity index (χ3v) is 4.49. The number of anilines is 2. The highest BCUT2D eigenvalue weighted by Crippen LogP contribution is 2.46. The first-order valence-electron chi connectivity index (χ1n) is 6.31. The lowest BCUT2D eigenvalue weighted by atomic mass is 10.1. The third kappa shape index (κ3) is 2.19. The normalized spacial score (nSPS) is 15.4. The van der Waals surface area contributed by atoms with Crippen molar-refractivity contribution in [2.24, 2.45) is 5.92 Å². The molecule has 2 heterocycles. The van der Waals surface area contributed by atoms with Crippen molar-refractivity contribution in [3.05, 3.63) is 4.88 Å². The first-order valence-corrected chi connectivity index (χ1v) is 7.13. The van der Waals surface area contributed by atoms with Gasteiger partial charge in [0, 0.05) is 19.0 Å². The first-order chi connectivity index (χ1) is 8.56. The van der Waals surface area contributed by atoms with Crippen LogP contribution in [-0.2, 0) is 0 Å². The van der Waals surface area contributed by atoms with Crippen molar-refractivity contribution in [3.63, 3.8) is 0 Å². The van der Waals surface area contributed by atoms with Crippen LogP contribution in [0.1, 0.15) is 36.4 Å². The minimum Gasteiger partial charge on any atom is -0.492 e. The maximum atomic E-state index is 12.1. The summed E-state index contributed by atoms with van der Waals surface area (Å²) in [6, 6.07) is 0. The van der Waals surface area contributed by atoms with Gasteiger partial charge in [0.1, 0.15) is 5.00 Å². The Kier molecular flexibility index (Phi) is 3.80. The Hall–Kier alpha value is -1.23. The lowest BCUT2D eigenvalue weighted by Gasteiger charge is -2.16. The zero-order chi connectivity index (χ0) is 13.3. The van der Waals surface area contributed by atoms with Crippen molar-refractivity contribution in [1.82, 2.24) is 0 Å². The Balaban J connectivity index is 2.41. The van der Waals surface area contributed by atoms with Gasteiger partial charge >= 0.3 is 0 Å². The van der Waals surface area contributed by atoms with E-state index in [1.54, 1.807) is 7.11 Å². The smallest absolute Gasteiger partial charge is 0.177 e. The molecule has 5 heteroatoms. The Morgan fingerprint density at radius 2 is 2.00 bits per heavy atom. The highest BCUT2D eigenvalue weighted by atomic mass is 32.1. The molecule has 100 valence electrons. The fourth-order valence-corrected chi connectivity index (χ4v) is 3.52. The molecule has 0 saturated carbocycles. The van der Waals surface area contributed by atoms with E-state index in [1.165, 1.54) is 24.2 Å². The highest BCUT2D eigenvalue weighted by molar-refractivity contribution is 7.19. The second-order valence-electron chi connectivity index (χ2n) is 4.90. The van der Waals surface area contributed by atoms with Crippen molar-refractivity contribution < 1.29 is 9.53 Å². The summed E-state index contributed by atoms with van der Waals surface area (Å²) in [6.07, 6.45) is 2.38. The van der Waals surface area contributed by atoms with Crippen molar-refractivity contribution in [3.8, 4) is 5.75 Å². The minimum atomic E-state index is -0.0397. The maximum Gasteiger partial charge on any atom is 0.177 e. The SMILES string of the molecule is COc1c(N2CCCC2)sc(C(=O)C(C)C)c1N. The number of nitrogens with zero attached hydrogens (tertiary/aromatic N) is 1. The third-order valence-electron chi connectivity index (χ3n) is 3.23. The molecule has 18 heavy (non-hydrogen) atoms. The molecule has 1 aliphatic heterocycles. The zero-order valence-corrected chi connectivity index (χ0v) is 12.0. The van der Waals surface area contributed by atoms with Crippen LogP contribution >= 0.6 is 11.3 Å². The van der Waals surface area contributed by atoms with E-state index in [0.29, 0.717) is 16.3 Å². The van der Waals surface area contributed by atoms with Crippen LogP contribution < -0.4 is 15.4 Å². The van der Waals surface area contributed by atoms with Crippen molar-refractivity contribution in [1.29, 1.82) is 0 Å². The Morgan fingerprint density at radius 3 is 2.50 bits per heavy atom. The van der Waals surface area contributed by atoms with Crippen molar-refractivity contribution >= 4 is 27.8 Å². The summed E-state index contributed by atoms with van der Waals surface area (Å²) in [5, 5.41) is 1.01. The van der Waals surface area contributed by atoms with Gasteiger partial charge in [0.15, 0.2) is 11.5 Å². The van der Waals surface area contributed by atoms with Gasteiger partial charge in [0.25, 0.3) is 0 Å². The van der Waals surface area contributed by atoms with Crippen LogP contribution in [0.3, 0.4) is 0 Å². The van der Waals surface area contributed by atoms with Gasteiger partial charge in [-0.15, -0.1) is 11.3 Å². The summed E-state index contributed by atoms with van der Waals surface area (Å²) in [5.41, 5.74) is 6.56. The molecule has 0 aliphatic carbocycles. The number of methoxy groups -OCH3 is 1. The molecule has 0 amide bonds. The lowest BCUT2D eigenvalue weighted by Crippen LogP contribution is -2.16. The van der Waals surface area contributed by atoms with Crippen molar-refractivity contribution in [2.75, 3.05) is 30.8 Å². The molecule has 0 aromatic carbocycles. The molecule has 0 unspecified atom stereocenters. The number of nitrogen functional groups attached to an aromatic ring is 1. The zero-order valence-electron chi connectivity index (χ0n) is 11.2. The number of hydrogen-bond donors (Lipinski definition) is 1. The van der Waals surface area contributed by atoms with E-state index in [9.17, 15) is 4.79 Å². The predicted octanol–water partition coefficient (Wildman–Crippen LogP) is 2.78. The van der Waals surface area contributed by atoms with Gasteiger partial charge < -0.3 is 15.4 Å². The number of ketones is 1. The second kappa shape index (κ2) is 5.18. The van der Waals surface area contributed by atoms with Crippen LogP contribution in [-0.4, -0.2) is 26.0 Å². The molecular formula is C13H20N2O2S. The van der Waals surface area contributed by atoms with Gasteiger partial charge in [-0.3, -0.25) is 4.79 Å². The summed E-state index contributed by atoms with van der Waals surface area (Å²) < 4.78 is 5.39. The second-order valence-corrected chi connectivity index (χ2v) is 5.90. The molecule has 0 bridgehead atoms. The van der Waals surface area contributed by atoms with Gasteiger partial charge in [-0.2, -0.15) is 0 Å². The number of thiophene rings is 1. The number of hydrogen-bond acceptors (Lipinski definition) is 5. The molecule has 0 radical (unpaired) electrons. The molecular weight excluding hydrogens is 248 g/mol. The van der Waals surface area contributed by atoms with E-state index in [4.69, 9.17) is 10.5 Å². The van der Waals surface area contributed by atoms with Gasteiger partial charge in [0.05, 0.1) is 17.7 Å². The van der Waals surface area contributed by atoms with E-state index in [2.05, 4.69) is 4.90 Å². The highest BCUT2D eigenvalue weighted by Gasteiger charge is 2.27. The number of ether oxygens (including phenoxy) is 1. The molecule has 4 nitrogen and oxygen atoms in total. The number of carbonyl (C=O) groups is 1. The quantitative estimate of drug-likeness (QED) is 0.853. The largest absolute Gasteiger partial charge is 0.492 e. The molecule has 1 saturated heterocycles. The van der Waals surface area contributed by atoms with Crippen LogP contribution in [0.5, 0.6) is 5.75 Å². The Bertz CT molecular complexity index is 448. The predicted molar refractivity (Wildman–Crippen MR) is 75.9 cm³/mol. The molecule has 1 aromatic rings. The Labute approximate surface area is 112 Å². The van der Waals surface area contributed by atoms with Crippen LogP contribution in [0.15, 0.2) is 0 Å². The van der Waals surface area contributed by atoms with E-state index < -0.39 is 0 Å². The van der Waals surface area contributed by atoms with E-state index in [1.807, 2.05) is 13.8 Å². The molecule has 1 aromatic heterocycles. The maximum absolute atomic E-state index is 12.1. The van der Waals surface area contributed by atoms with Crippen molar-refractivity contribution in [2.45, 2.75) is 26.7 Å². The minimum absolute atomic E-state index is 0.0397. The summed E-state index contributed by atoms with van der Waals surface area (Å²) in [6.45, 7) is 5.82. The number of Topliss-reactive ketones (excluding diaryl/α,β-unsaturated/α-hetero) is 1. The van der Waals surface area contributed by atoms with Crippen LogP contribution in [0.2, 0.25) is 0 Å². The molecule has 1 fully saturated rings. The molecule has 1 aliphatic rings. The van der Waals surface area contributed by atoms with Gasteiger partial charge in [-0.25, -0.2) is 0 Å². The van der Waals surface area contributed by atoms with Gasteiger partial charge in [-0.1, -0.05) is 13.8 Å². The van der Waals surface area contributed by atoms with E-state index in [0.717, 1.165) is 18.1 Å². The number of nitrogens with two attached hydrogens (primary N) is 1. The van der Waals surface area contributed by atoms with E-state index >= 15 is 0 Å². The average Bonchev–Trinajstić information content (AvgIpc) is 2.94. The van der Waals surface area contributed by atoms with Crippen LogP contribution in [0.25, 0.3) is 0 Å². The summed E-state index contributed by atoms with van der Waals surface area (Å²) in [4.78, 5) is 15.0. The topological polar surface area (TPSA) is 55.6 Å². The van der Waals surface area contributed by atoms with Gasteiger partial charge in [0.2, 0.25) is 0 Å². The Morgan fingerprint density at radius 1 is 1.39 bits per heavy atom. The summed E-state index contributed by atoms with van der Waals surface area (Å²) in [7, 11) is 1.61. The summed E-state index contributed by atoms with van der Waals surface area (Å²) in [5.74, 6) is 0.731.